The highest BCUT2D eigenvalue weighted by Gasteiger charge is 2.38. The smallest absolute Gasteiger partial charge is 0.376 e. The molecule has 0 amide bonds. The maximum Gasteiger partial charge on any atom is 0.376 e. The lowest BCUT2D eigenvalue weighted by molar-refractivity contribution is 0.0417. The SMILES string of the molecule is CCOC(=O)c1nnc(C)n1C1CN2CCC1CC2. The number of rotatable bonds is 3. The van der Waals surface area contributed by atoms with Crippen LogP contribution in [0.1, 0.15) is 42.3 Å². The molecule has 3 aliphatic heterocycles. The lowest BCUT2D eigenvalue weighted by Gasteiger charge is -2.45. The second-order valence-corrected chi connectivity index (χ2v) is 5.37. The van der Waals surface area contributed by atoms with Gasteiger partial charge >= 0.3 is 5.97 Å². The Hall–Kier alpha value is -1.43. The summed E-state index contributed by atoms with van der Waals surface area (Å²) < 4.78 is 7.07. The fourth-order valence-electron chi connectivity index (χ4n) is 3.33. The molecule has 0 aromatic carbocycles. The van der Waals surface area contributed by atoms with E-state index in [0.717, 1.165) is 12.4 Å². The van der Waals surface area contributed by atoms with E-state index in [1.54, 1.807) is 6.92 Å². The minimum atomic E-state index is -0.362. The molecule has 6 nitrogen and oxygen atoms in total. The Kier molecular flexibility index (Phi) is 3.26. The van der Waals surface area contributed by atoms with E-state index in [0.29, 0.717) is 24.4 Å². The van der Waals surface area contributed by atoms with E-state index in [1.165, 1.54) is 25.9 Å². The molecule has 3 aliphatic rings. The molecule has 1 aromatic heterocycles. The minimum Gasteiger partial charge on any atom is -0.460 e. The molecule has 1 unspecified atom stereocenters. The number of hydrogen-bond acceptors (Lipinski definition) is 5. The number of nitrogens with zero attached hydrogens (tertiary/aromatic N) is 4. The molecule has 0 saturated carbocycles. The molecule has 4 heterocycles. The zero-order valence-corrected chi connectivity index (χ0v) is 11.5. The van der Waals surface area contributed by atoms with Crippen molar-refractivity contribution in [2.45, 2.75) is 32.7 Å². The largest absolute Gasteiger partial charge is 0.460 e. The van der Waals surface area contributed by atoms with Crippen LogP contribution in [-0.4, -0.2) is 51.9 Å². The normalized spacial score (nSPS) is 29.5. The van der Waals surface area contributed by atoms with Gasteiger partial charge in [0.1, 0.15) is 5.82 Å². The van der Waals surface area contributed by atoms with Gasteiger partial charge in [-0.2, -0.15) is 0 Å². The molecule has 0 N–H and O–H groups in total. The van der Waals surface area contributed by atoms with E-state index in [2.05, 4.69) is 15.1 Å². The van der Waals surface area contributed by atoms with E-state index < -0.39 is 0 Å². The Labute approximate surface area is 112 Å². The minimum absolute atomic E-state index is 0.317. The molecule has 2 bridgehead atoms. The number of aromatic nitrogens is 3. The summed E-state index contributed by atoms with van der Waals surface area (Å²) in [5.74, 6) is 1.44. The van der Waals surface area contributed by atoms with Crippen LogP contribution in [0.5, 0.6) is 0 Å². The molecule has 4 rings (SSSR count). The molecule has 19 heavy (non-hydrogen) atoms. The first-order chi connectivity index (χ1) is 9.20. The van der Waals surface area contributed by atoms with Crippen molar-refractivity contribution in [3.63, 3.8) is 0 Å². The van der Waals surface area contributed by atoms with Crippen molar-refractivity contribution in [3.05, 3.63) is 11.6 Å². The summed E-state index contributed by atoms with van der Waals surface area (Å²) in [5.41, 5.74) is 0. The van der Waals surface area contributed by atoms with Crippen LogP contribution in [0, 0.1) is 12.8 Å². The second kappa shape index (κ2) is 4.92. The van der Waals surface area contributed by atoms with Crippen LogP contribution in [0.4, 0.5) is 0 Å². The zero-order valence-electron chi connectivity index (χ0n) is 11.5. The molecular weight excluding hydrogens is 244 g/mol. The lowest BCUT2D eigenvalue weighted by Crippen LogP contribution is -2.48. The monoisotopic (exact) mass is 264 g/mol. The standard InChI is InChI=1S/C13H20N4O2/c1-3-19-13(18)12-15-14-9(2)17(12)11-8-16-6-4-10(11)5-7-16/h10-11H,3-8H2,1-2H3. The van der Waals surface area contributed by atoms with Crippen molar-refractivity contribution in [1.29, 1.82) is 0 Å². The van der Waals surface area contributed by atoms with Crippen LogP contribution in [-0.2, 0) is 4.74 Å². The maximum atomic E-state index is 12.0. The number of carbonyl (C=O) groups excluding carboxylic acids is 1. The Balaban J connectivity index is 1.91. The average Bonchev–Trinajstić information content (AvgIpc) is 2.82. The van der Waals surface area contributed by atoms with Gasteiger partial charge in [-0.15, -0.1) is 10.2 Å². The van der Waals surface area contributed by atoms with Gasteiger partial charge in [0.05, 0.1) is 12.6 Å². The van der Waals surface area contributed by atoms with E-state index in [4.69, 9.17) is 4.74 Å². The Morgan fingerprint density at radius 3 is 2.68 bits per heavy atom. The third kappa shape index (κ3) is 2.14. The number of fused-ring (bicyclic) bond motifs is 3. The van der Waals surface area contributed by atoms with Gasteiger partial charge < -0.3 is 14.2 Å². The fraction of sp³-hybridized carbons (Fsp3) is 0.769. The van der Waals surface area contributed by atoms with Crippen molar-refractivity contribution in [1.82, 2.24) is 19.7 Å². The summed E-state index contributed by atoms with van der Waals surface area (Å²) in [5, 5.41) is 8.09. The van der Waals surface area contributed by atoms with Crippen LogP contribution >= 0.6 is 0 Å². The number of ether oxygens (including phenoxy) is 1. The molecular formula is C13H20N4O2. The predicted molar refractivity (Wildman–Crippen MR) is 68.9 cm³/mol. The van der Waals surface area contributed by atoms with Crippen molar-refractivity contribution >= 4 is 5.97 Å². The summed E-state index contributed by atoms with van der Waals surface area (Å²) in [6, 6.07) is 0.317. The average molecular weight is 264 g/mol. The third-order valence-electron chi connectivity index (χ3n) is 4.28. The topological polar surface area (TPSA) is 60.2 Å². The first kappa shape index (κ1) is 12.6. The summed E-state index contributed by atoms with van der Waals surface area (Å²) in [6.07, 6.45) is 2.40. The Morgan fingerprint density at radius 2 is 2.11 bits per heavy atom. The second-order valence-electron chi connectivity index (χ2n) is 5.37. The molecule has 0 radical (unpaired) electrons. The van der Waals surface area contributed by atoms with Gasteiger partial charge in [-0.05, 0) is 45.7 Å². The first-order valence-electron chi connectivity index (χ1n) is 7.01. The van der Waals surface area contributed by atoms with E-state index in [-0.39, 0.29) is 5.97 Å². The Morgan fingerprint density at radius 1 is 1.37 bits per heavy atom. The number of hydrogen-bond donors (Lipinski definition) is 0. The highest BCUT2D eigenvalue weighted by atomic mass is 16.5. The maximum absolute atomic E-state index is 12.0. The third-order valence-corrected chi connectivity index (χ3v) is 4.28. The van der Waals surface area contributed by atoms with Crippen molar-refractivity contribution in [3.8, 4) is 0 Å². The number of piperidine rings is 3. The molecule has 1 aromatic rings. The summed E-state index contributed by atoms with van der Waals surface area (Å²) >= 11 is 0. The molecule has 0 aliphatic carbocycles. The Bertz CT molecular complexity index is 477. The number of aryl methyl sites for hydroxylation is 1. The lowest BCUT2D eigenvalue weighted by atomic mass is 9.83. The van der Waals surface area contributed by atoms with Gasteiger partial charge in [-0.25, -0.2) is 4.79 Å². The molecule has 3 fully saturated rings. The van der Waals surface area contributed by atoms with E-state index >= 15 is 0 Å². The summed E-state index contributed by atoms with van der Waals surface area (Å²) in [7, 11) is 0. The molecule has 0 spiro atoms. The van der Waals surface area contributed by atoms with E-state index in [1.807, 2.05) is 11.5 Å². The van der Waals surface area contributed by atoms with Crippen LogP contribution in [0.2, 0.25) is 0 Å². The number of carbonyl (C=O) groups is 1. The van der Waals surface area contributed by atoms with Crippen LogP contribution in [0.15, 0.2) is 0 Å². The van der Waals surface area contributed by atoms with E-state index in [9.17, 15) is 4.79 Å². The van der Waals surface area contributed by atoms with Gasteiger partial charge in [0.25, 0.3) is 0 Å². The molecule has 6 heteroatoms. The van der Waals surface area contributed by atoms with Gasteiger partial charge in [0, 0.05) is 6.54 Å². The zero-order chi connectivity index (χ0) is 13.4. The van der Waals surface area contributed by atoms with Crippen LogP contribution in [0.3, 0.4) is 0 Å². The van der Waals surface area contributed by atoms with Gasteiger partial charge in [-0.3, -0.25) is 0 Å². The number of esters is 1. The molecule has 1 atom stereocenters. The van der Waals surface area contributed by atoms with Crippen molar-refractivity contribution < 1.29 is 9.53 Å². The molecule has 104 valence electrons. The molecule has 3 saturated heterocycles. The predicted octanol–water partition coefficient (Wildman–Crippen LogP) is 1.03. The summed E-state index contributed by atoms with van der Waals surface area (Å²) in [6.45, 7) is 7.43. The van der Waals surface area contributed by atoms with Gasteiger partial charge in [0.15, 0.2) is 0 Å². The fourth-order valence-corrected chi connectivity index (χ4v) is 3.33. The first-order valence-corrected chi connectivity index (χ1v) is 7.01. The highest BCUT2D eigenvalue weighted by molar-refractivity contribution is 5.85. The van der Waals surface area contributed by atoms with Crippen molar-refractivity contribution in [2.24, 2.45) is 5.92 Å². The van der Waals surface area contributed by atoms with Gasteiger partial charge in [-0.1, -0.05) is 0 Å². The van der Waals surface area contributed by atoms with Gasteiger partial charge in [0.2, 0.25) is 5.82 Å². The quantitative estimate of drug-likeness (QED) is 0.763. The summed E-state index contributed by atoms with van der Waals surface area (Å²) in [4.78, 5) is 14.4. The highest BCUT2D eigenvalue weighted by Crippen LogP contribution is 2.36. The van der Waals surface area contributed by atoms with Crippen molar-refractivity contribution in [2.75, 3.05) is 26.2 Å². The van der Waals surface area contributed by atoms with Crippen LogP contribution in [0.25, 0.3) is 0 Å². The van der Waals surface area contributed by atoms with Crippen LogP contribution < -0.4 is 0 Å².